The van der Waals surface area contributed by atoms with Gasteiger partial charge in [0.05, 0.1) is 5.69 Å². The molecule has 27 heavy (non-hydrogen) atoms. The molecule has 2 rings (SSSR count). The summed E-state index contributed by atoms with van der Waals surface area (Å²) in [5.41, 5.74) is 4.38. The molecule has 0 bridgehead atoms. The van der Waals surface area contributed by atoms with E-state index in [-0.39, 0.29) is 11.2 Å². The van der Waals surface area contributed by atoms with E-state index in [0.717, 1.165) is 22.5 Å². The van der Waals surface area contributed by atoms with Crippen LogP contribution in [0.2, 0.25) is 0 Å². The molecular formula is C22H28N2O3. The lowest BCUT2D eigenvalue weighted by molar-refractivity contribution is -0.140. The number of aryl methyl sites for hydroxylation is 2. The zero-order chi connectivity index (χ0) is 20.4. The topological polar surface area (TPSA) is 61.2 Å². The van der Waals surface area contributed by atoms with E-state index in [4.69, 9.17) is 4.74 Å². The molecule has 5 nitrogen and oxygen atoms in total. The number of hydrogen-bond acceptors (Lipinski definition) is 4. The number of aromatic nitrogens is 2. The quantitative estimate of drug-likeness (QED) is 0.452. The summed E-state index contributed by atoms with van der Waals surface area (Å²) in [6.07, 6.45) is 2.16. The van der Waals surface area contributed by atoms with Gasteiger partial charge in [0.25, 0.3) is 0 Å². The van der Waals surface area contributed by atoms with Crippen LogP contribution in [0.4, 0.5) is 0 Å². The molecular weight excluding hydrogens is 340 g/mol. The Kier molecular flexibility index (Phi) is 6.04. The maximum atomic E-state index is 12.5. The van der Waals surface area contributed by atoms with Gasteiger partial charge in [-0.05, 0) is 37.8 Å². The second kappa shape index (κ2) is 7.91. The second-order valence-electron chi connectivity index (χ2n) is 7.81. The zero-order valence-corrected chi connectivity index (χ0v) is 17.2. The van der Waals surface area contributed by atoms with E-state index < -0.39 is 12.1 Å². The van der Waals surface area contributed by atoms with E-state index in [9.17, 15) is 9.59 Å². The molecule has 0 spiro atoms. The predicted octanol–water partition coefficient (Wildman–Crippen LogP) is 4.16. The van der Waals surface area contributed by atoms with Gasteiger partial charge < -0.3 is 4.74 Å². The van der Waals surface area contributed by atoms with Gasteiger partial charge in [-0.25, -0.2) is 4.79 Å². The number of carbonyl (C=O) groups is 2. The largest absolute Gasteiger partial charge is 0.451 e. The summed E-state index contributed by atoms with van der Waals surface area (Å²) in [5, 5.41) is 4.30. The van der Waals surface area contributed by atoms with Crippen molar-refractivity contribution in [2.45, 2.75) is 53.1 Å². The first-order valence-corrected chi connectivity index (χ1v) is 9.04. The number of nitrogens with zero attached hydrogens (tertiary/aromatic N) is 2. The molecule has 5 heteroatoms. The fraction of sp³-hybridized carbons (Fsp3) is 0.409. The van der Waals surface area contributed by atoms with E-state index in [0.29, 0.717) is 5.56 Å². The van der Waals surface area contributed by atoms with E-state index in [2.05, 4.69) is 25.9 Å². The molecule has 0 radical (unpaired) electrons. The third kappa shape index (κ3) is 4.94. The predicted molar refractivity (Wildman–Crippen MR) is 107 cm³/mol. The summed E-state index contributed by atoms with van der Waals surface area (Å²) in [4.78, 5) is 24.6. The summed E-state index contributed by atoms with van der Waals surface area (Å²) in [7, 11) is 1.85. The van der Waals surface area contributed by atoms with Crippen molar-refractivity contribution in [2.75, 3.05) is 0 Å². The smallest absolute Gasteiger partial charge is 0.331 e. The molecule has 144 valence electrons. The summed E-state index contributed by atoms with van der Waals surface area (Å²) in [6.45, 7) is 11.8. The van der Waals surface area contributed by atoms with Crippen molar-refractivity contribution in [3.8, 4) is 0 Å². The van der Waals surface area contributed by atoms with E-state index in [1.807, 2.05) is 33.0 Å². The highest BCUT2D eigenvalue weighted by Crippen LogP contribution is 2.22. The molecule has 0 aliphatic rings. The lowest BCUT2D eigenvalue weighted by Gasteiger charge is -2.19. The van der Waals surface area contributed by atoms with Crippen molar-refractivity contribution in [2.24, 2.45) is 7.05 Å². The van der Waals surface area contributed by atoms with Gasteiger partial charge in [-0.15, -0.1) is 0 Å². The number of Topliss-reactive ketones (excluding diaryl/α,β-unsaturated/α-hetero) is 1. The first kappa shape index (κ1) is 20.6. The number of hydrogen-bond donors (Lipinski definition) is 0. The monoisotopic (exact) mass is 368 g/mol. The minimum Gasteiger partial charge on any atom is -0.451 e. The van der Waals surface area contributed by atoms with Crippen molar-refractivity contribution in [1.82, 2.24) is 9.78 Å². The van der Waals surface area contributed by atoms with Gasteiger partial charge in [0.15, 0.2) is 6.10 Å². The maximum absolute atomic E-state index is 12.5. The van der Waals surface area contributed by atoms with Crippen LogP contribution in [0.1, 0.15) is 60.6 Å². The standard InChI is InChI=1S/C22H28N2O3/c1-14-19(15(2)24(7)23-14)12-13-20(25)27-16(3)21(26)17-8-10-18(11-9-17)22(4,5)6/h8-13,16H,1-7H3/b13-12+/t16-/m0/s1. The molecule has 0 N–H and O–H groups in total. The first-order chi connectivity index (χ1) is 12.5. The maximum Gasteiger partial charge on any atom is 0.331 e. The lowest BCUT2D eigenvalue weighted by Crippen LogP contribution is -2.23. The summed E-state index contributed by atoms with van der Waals surface area (Å²) in [6, 6.07) is 7.45. The average molecular weight is 368 g/mol. The molecule has 0 unspecified atom stereocenters. The van der Waals surface area contributed by atoms with Crippen molar-refractivity contribution >= 4 is 17.8 Å². The van der Waals surface area contributed by atoms with Gasteiger partial charge in [0, 0.05) is 29.9 Å². The Labute approximate surface area is 161 Å². The number of ketones is 1. The molecule has 1 atom stereocenters. The molecule has 0 aliphatic heterocycles. The van der Waals surface area contributed by atoms with Crippen LogP contribution in [0, 0.1) is 13.8 Å². The van der Waals surface area contributed by atoms with Crippen LogP contribution in [0.3, 0.4) is 0 Å². The summed E-state index contributed by atoms with van der Waals surface area (Å²) in [5.74, 6) is -0.768. The fourth-order valence-electron chi connectivity index (χ4n) is 2.82. The number of carbonyl (C=O) groups excluding carboxylic acids is 2. The Balaban J connectivity index is 2.03. The normalized spacial score (nSPS) is 13.0. The Morgan fingerprint density at radius 1 is 1.15 bits per heavy atom. The Morgan fingerprint density at radius 3 is 2.22 bits per heavy atom. The van der Waals surface area contributed by atoms with Crippen LogP contribution in [0.15, 0.2) is 30.3 Å². The zero-order valence-electron chi connectivity index (χ0n) is 17.2. The number of rotatable bonds is 5. The van der Waals surface area contributed by atoms with E-state index in [1.165, 1.54) is 6.08 Å². The SMILES string of the molecule is Cc1nn(C)c(C)c1/C=C/C(=O)O[C@@H](C)C(=O)c1ccc(C(C)(C)C)cc1. The summed E-state index contributed by atoms with van der Waals surface area (Å²) < 4.78 is 7.03. The third-order valence-electron chi connectivity index (χ3n) is 4.65. The van der Waals surface area contributed by atoms with Gasteiger partial charge in [-0.1, -0.05) is 45.0 Å². The Morgan fingerprint density at radius 2 is 1.74 bits per heavy atom. The van der Waals surface area contributed by atoms with Gasteiger partial charge in [-0.3, -0.25) is 9.48 Å². The first-order valence-electron chi connectivity index (χ1n) is 9.04. The highest BCUT2D eigenvalue weighted by atomic mass is 16.5. The van der Waals surface area contributed by atoms with Crippen LogP contribution in [0.25, 0.3) is 6.08 Å². The van der Waals surface area contributed by atoms with E-state index in [1.54, 1.807) is 29.8 Å². The van der Waals surface area contributed by atoms with Gasteiger partial charge in [0.1, 0.15) is 0 Å². The second-order valence-corrected chi connectivity index (χ2v) is 7.81. The van der Waals surface area contributed by atoms with Crippen LogP contribution < -0.4 is 0 Å². The molecule has 1 aromatic heterocycles. The molecule has 0 saturated heterocycles. The number of benzene rings is 1. The number of ether oxygens (including phenoxy) is 1. The lowest BCUT2D eigenvalue weighted by atomic mass is 9.86. The molecule has 1 heterocycles. The summed E-state index contributed by atoms with van der Waals surface area (Å²) >= 11 is 0. The average Bonchev–Trinajstić information content (AvgIpc) is 2.83. The van der Waals surface area contributed by atoms with Crippen LogP contribution >= 0.6 is 0 Å². The minimum atomic E-state index is -0.848. The van der Waals surface area contributed by atoms with Gasteiger partial charge >= 0.3 is 5.97 Å². The fourth-order valence-corrected chi connectivity index (χ4v) is 2.82. The molecule has 2 aromatic rings. The van der Waals surface area contributed by atoms with Gasteiger partial charge in [-0.2, -0.15) is 5.10 Å². The highest BCUT2D eigenvalue weighted by Gasteiger charge is 2.20. The van der Waals surface area contributed by atoms with Crippen LogP contribution in [0.5, 0.6) is 0 Å². The van der Waals surface area contributed by atoms with Crippen molar-refractivity contribution in [1.29, 1.82) is 0 Å². The number of esters is 1. The van der Waals surface area contributed by atoms with Crippen molar-refractivity contribution in [3.05, 3.63) is 58.4 Å². The van der Waals surface area contributed by atoms with Crippen molar-refractivity contribution < 1.29 is 14.3 Å². The highest BCUT2D eigenvalue weighted by molar-refractivity contribution is 6.01. The van der Waals surface area contributed by atoms with Crippen LogP contribution in [-0.2, 0) is 22.0 Å². The van der Waals surface area contributed by atoms with Crippen molar-refractivity contribution in [3.63, 3.8) is 0 Å². The third-order valence-corrected chi connectivity index (χ3v) is 4.65. The molecule has 0 saturated carbocycles. The Bertz CT molecular complexity index is 868. The molecule has 0 amide bonds. The Hall–Kier alpha value is -2.69. The molecule has 0 fully saturated rings. The molecule has 0 aliphatic carbocycles. The van der Waals surface area contributed by atoms with Crippen LogP contribution in [-0.4, -0.2) is 27.6 Å². The molecule has 1 aromatic carbocycles. The minimum absolute atomic E-state index is 0.0208. The van der Waals surface area contributed by atoms with E-state index >= 15 is 0 Å². The van der Waals surface area contributed by atoms with Gasteiger partial charge in [0.2, 0.25) is 5.78 Å².